The van der Waals surface area contributed by atoms with E-state index in [0.717, 1.165) is 14.2 Å². The number of carbonyl (C=O) groups excluding carboxylic acids is 1. The number of carbonyl (C=O) groups is 1. The molecule has 1 amide bonds. The van der Waals surface area contributed by atoms with Crippen molar-refractivity contribution in [3.05, 3.63) is 28.8 Å². The second kappa shape index (κ2) is 6.53. The first kappa shape index (κ1) is 16.9. The van der Waals surface area contributed by atoms with Crippen LogP contribution in [0.1, 0.15) is 5.56 Å². The molecule has 6 nitrogen and oxygen atoms in total. The zero-order valence-electron chi connectivity index (χ0n) is 11.8. The van der Waals surface area contributed by atoms with Gasteiger partial charge in [-0.2, -0.15) is 17.0 Å². The van der Waals surface area contributed by atoms with Gasteiger partial charge in [0.2, 0.25) is 5.91 Å². The number of halogens is 1. The van der Waals surface area contributed by atoms with Gasteiger partial charge in [-0.25, -0.2) is 0 Å². The quantitative estimate of drug-likeness (QED) is 0.890. The fraction of sp³-hybridized carbons (Fsp3) is 0.417. The van der Waals surface area contributed by atoms with Crippen molar-refractivity contribution in [2.75, 3.05) is 33.0 Å². The van der Waals surface area contributed by atoms with E-state index in [-0.39, 0.29) is 6.54 Å². The lowest BCUT2D eigenvalue weighted by molar-refractivity contribution is -0.116. The number of nitrogens with one attached hydrogen (secondary N) is 1. The third-order valence-electron chi connectivity index (χ3n) is 2.68. The summed E-state index contributed by atoms with van der Waals surface area (Å²) in [7, 11) is 0.574. The number of hydrogen-bond donors (Lipinski definition) is 1. The molecular weight excluding hydrogens is 302 g/mol. The van der Waals surface area contributed by atoms with Crippen molar-refractivity contribution in [3.8, 4) is 0 Å². The Morgan fingerprint density at radius 3 is 2.40 bits per heavy atom. The number of rotatable bonds is 5. The van der Waals surface area contributed by atoms with Crippen LogP contribution in [0.4, 0.5) is 5.69 Å². The van der Waals surface area contributed by atoms with Crippen molar-refractivity contribution in [2.45, 2.75) is 6.92 Å². The van der Waals surface area contributed by atoms with E-state index in [4.69, 9.17) is 11.6 Å². The Labute approximate surface area is 124 Å². The molecule has 0 radical (unpaired) electrons. The van der Waals surface area contributed by atoms with Gasteiger partial charge in [0, 0.05) is 31.9 Å². The fourth-order valence-electron chi connectivity index (χ4n) is 1.52. The van der Waals surface area contributed by atoms with E-state index in [2.05, 4.69) is 5.32 Å². The molecule has 0 aliphatic rings. The lowest BCUT2D eigenvalue weighted by Gasteiger charge is -2.21. The van der Waals surface area contributed by atoms with Crippen LogP contribution in [0.5, 0.6) is 0 Å². The van der Waals surface area contributed by atoms with E-state index < -0.39 is 16.1 Å². The molecule has 0 aliphatic heterocycles. The van der Waals surface area contributed by atoms with Gasteiger partial charge in [-0.3, -0.25) is 4.79 Å². The van der Waals surface area contributed by atoms with Gasteiger partial charge in [0.25, 0.3) is 10.2 Å². The van der Waals surface area contributed by atoms with Gasteiger partial charge >= 0.3 is 0 Å². The Hall–Kier alpha value is -1.15. The zero-order chi connectivity index (χ0) is 15.5. The summed E-state index contributed by atoms with van der Waals surface area (Å²) in [5.74, 6) is -0.414. The first-order valence-electron chi connectivity index (χ1n) is 5.84. The molecule has 112 valence electrons. The first-order chi connectivity index (χ1) is 9.14. The second-order valence-corrected chi connectivity index (χ2v) is 7.24. The van der Waals surface area contributed by atoms with E-state index in [9.17, 15) is 13.2 Å². The molecule has 8 heteroatoms. The predicted octanol–water partition coefficient (Wildman–Crippen LogP) is 1.33. The zero-order valence-corrected chi connectivity index (χ0v) is 13.4. The number of nitrogens with zero attached hydrogens (tertiary/aromatic N) is 2. The summed E-state index contributed by atoms with van der Waals surface area (Å²) in [5.41, 5.74) is 1.42. The maximum absolute atomic E-state index is 11.9. The Balaban J connectivity index is 2.74. The summed E-state index contributed by atoms with van der Waals surface area (Å²) in [6.45, 7) is 1.55. The normalized spacial score (nSPS) is 11.9. The van der Waals surface area contributed by atoms with Crippen LogP contribution in [0.2, 0.25) is 5.02 Å². The second-order valence-electron chi connectivity index (χ2n) is 4.55. The minimum Gasteiger partial charge on any atom is -0.325 e. The highest BCUT2D eigenvalue weighted by Gasteiger charge is 2.22. The highest BCUT2D eigenvalue weighted by molar-refractivity contribution is 7.86. The van der Waals surface area contributed by atoms with Gasteiger partial charge in [-0.1, -0.05) is 11.6 Å². The molecule has 0 spiro atoms. The smallest absolute Gasteiger partial charge is 0.281 e. The molecule has 0 bridgehead atoms. The summed E-state index contributed by atoms with van der Waals surface area (Å²) >= 11 is 5.83. The minimum absolute atomic E-state index is 0.261. The van der Waals surface area contributed by atoms with Gasteiger partial charge in [0.05, 0.1) is 6.54 Å². The average Bonchev–Trinajstić information content (AvgIpc) is 2.32. The molecule has 0 atom stereocenters. The lowest BCUT2D eigenvalue weighted by Crippen LogP contribution is -2.41. The van der Waals surface area contributed by atoms with Crippen molar-refractivity contribution in [3.63, 3.8) is 0 Å². The van der Waals surface area contributed by atoms with Gasteiger partial charge in [0.1, 0.15) is 0 Å². The van der Waals surface area contributed by atoms with Crippen LogP contribution >= 0.6 is 11.6 Å². The maximum atomic E-state index is 11.9. The van der Waals surface area contributed by atoms with Crippen LogP contribution in [0, 0.1) is 6.92 Å². The highest BCUT2D eigenvalue weighted by Crippen LogP contribution is 2.19. The molecule has 0 aromatic heterocycles. The van der Waals surface area contributed by atoms with E-state index in [1.165, 1.54) is 21.1 Å². The maximum Gasteiger partial charge on any atom is 0.281 e. The van der Waals surface area contributed by atoms with Crippen molar-refractivity contribution < 1.29 is 13.2 Å². The Morgan fingerprint density at radius 2 is 1.90 bits per heavy atom. The van der Waals surface area contributed by atoms with Gasteiger partial charge in [-0.05, 0) is 30.7 Å². The van der Waals surface area contributed by atoms with Crippen molar-refractivity contribution in [2.24, 2.45) is 0 Å². The van der Waals surface area contributed by atoms with Crippen LogP contribution in [-0.4, -0.2) is 50.6 Å². The van der Waals surface area contributed by atoms with E-state index in [1.807, 2.05) is 6.92 Å². The predicted molar refractivity (Wildman–Crippen MR) is 80.1 cm³/mol. The third kappa shape index (κ3) is 4.17. The summed E-state index contributed by atoms with van der Waals surface area (Å²) in [6.07, 6.45) is 0. The number of hydrogen-bond acceptors (Lipinski definition) is 3. The molecule has 0 saturated carbocycles. The molecule has 1 N–H and O–H groups in total. The van der Waals surface area contributed by atoms with Crippen molar-refractivity contribution >= 4 is 33.4 Å². The number of benzene rings is 1. The number of anilines is 1. The van der Waals surface area contributed by atoms with Gasteiger partial charge in [-0.15, -0.1) is 0 Å². The Bertz CT molecular complexity index is 602. The molecular formula is C12H18ClN3O3S. The molecule has 0 heterocycles. The molecule has 0 aliphatic carbocycles. The van der Waals surface area contributed by atoms with E-state index in [1.54, 1.807) is 18.2 Å². The third-order valence-corrected chi connectivity index (χ3v) is 4.76. The molecule has 1 rings (SSSR count). The fourth-order valence-corrected chi connectivity index (χ4v) is 2.58. The largest absolute Gasteiger partial charge is 0.325 e. The van der Waals surface area contributed by atoms with Crippen molar-refractivity contribution in [1.82, 2.24) is 8.61 Å². The molecule has 1 aromatic rings. The summed E-state index contributed by atoms with van der Waals surface area (Å²) in [4.78, 5) is 11.9. The highest BCUT2D eigenvalue weighted by atomic mass is 35.5. The molecule has 0 unspecified atom stereocenters. The average molecular weight is 320 g/mol. The van der Waals surface area contributed by atoms with Crippen LogP contribution in [0.15, 0.2) is 18.2 Å². The van der Waals surface area contributed by atoms with Crippen LogP contribution < -0.4 is 5.32 Å². The summed E-state index contributed by atoms with van der Waals surface area (Å²) < 4.78 is 25.6. The molecule has 20 heavy (non-hydrogen) atoms. The standard InChI is InChI=1S/C12H18ClN3O3S/c1-9-7-10(13)5-6-11(9)14-12(17)8-16(4)20(18,19)15(2)3/h5-7H,8H2,1-4H3,(H,14,17). The minimum atomic E-state index is -3.60. The van der Waals surface area contributed by atoms with E-state index in [0.29, 0.717) is 10.7 Å². The lowest BCUT2D eigenvalue weighted by atomic mass is 10.2. The summed E-state index contributed by atoms with van der Waals surface area (Å²) in [6, 6.07) is 5.05. The SMILES string of the molecule is Cc1cc(Cl)ccc1NC(=O)CN(C)S(=O)(=O)N(C)C. The monoisotopic (exact) mass is 319 g/mol. The van der Waals surface area contributed by atoms with Gasteiger partial charge < -0.3 is 5.32 Å². The van der Waals surface area contributed by atoms with Crippen LogP contribution in [0.3, 0.4) is 0 Å². The van der Waals surface area contributed by atoms with Gasteiger partial charge in [0.15, 0.2) is 0 Å². The van der Waals surface area contributed by atoms with Crippen LogP contribution in [0.25, 0.3) is 0 Å². The Kier molecular flexibility index (Phi) is 5.52. The molecule has 0 fully saturated rings. The van der Waals surface area contributed by atoms with Crippen LogP contribution in [-0.2, 0) is 15.0 Å². The van der Waals surface area contributed by atoms with E-state index >= 15 is 0 Å². The topological polar surface area (TPSA) is 69.7 Å². The number of amides is 1. The van der Waals surface area contributed by atoms with Crippen molar-refractivity contribution in [1.29, 1.82) is 0 Å². The summed E-state index contributed by atoms with van der Waals surface area (Å²) in [5, 5.41) is 3.23. The molecule has 1 aromatic carbocycles. The number of aryl methyl sites for hydroxylation is 1. The Morgan fingerprint density at radius 1 is 1.30 bits per heavy atom. The first-order valence-corrected chi connectivity index (χ1v) is 7.62. The number of likely N-dealkylation sites (N-methyl/N-ethyl adjacent to an activating group) is 1. The molecule has 0 saturated heterocycles.